The number of aromatic nitrogens is 2. The van der Waals surface area contributed by atoms with Gasteiger partial charge in [-0.3, -0.25) is 9.48 Å². The number of hydrogen-bond acceptors (Lipinski definition) is 2. The molecule has 0 saturated carbocycles. The van der Waals surface area contributed by atoms with Crippen LogP contribution in [0.1, 0.15) is 29.9 Å². The minimum Gasteiger partial charge on any atom is -0.347 e. The van der Waals surface area contributed by atoms with E-state index < -0.39 is 0 Å². The zero-order valence-corrected chi connectivity index (χ0v) is 10.3. The van der Waals surface area contributed by atoms with Crippen molar-refractivity contribution in [1.82, 2.24) is 14.7 Å². The molecule has 1 amide bonds. The molecule has 1 heterocycles. The van der Waals surface area contributed by atoms with Crippen LogP contribution >= 0.6 is 0 Å². The molecule has 0 aliphatic heterocycles. The van der Waals surface area contributed by atoms with Crippen LogP contribution in [0.2, 0.25) is 0 Å². The molecule has 1 aromatic rings. The molecule has 0 fully saturated rings. The topological polar surface area (TPSA) is 38.1 Å². The first-order valence-corrected chi connectivity index (χ1v) is 5.09. The maximum atomic E-state index is 11.8. The van der Waals surface area contributed by atoms with E-state index in [2.05, 4.69) is 5.10 Å². The highest BCUT2D eigenvalue weighted by atomic mass is 16.2. The number of aryl methyl sites for hydroxylation is 1. The number of hydrogen-bond donors (Lipinski definition) is 0. The van der Waals surface area contributed by atoms with E-state index in [0.29, 0.717) is 0 Å². The van der Waals surface area contributed by atoms with Gasteiger partial charge in [-0.2, -0.15) is 5.10 Å². The second kappa shape index (κ2) is 4.04. The Morgan fingerprint density at radius 2 is 1.87 bits per heavy atom. The van der Waals surface area contributed by atoms with Crippen LogP contribution in [0, 0.1) is 20.8 Å². The molecule has 0 N–H and O–H groups in total. The van der Waals surface area contributed by atoms with Crippen molar-refractivity contribution in [2.24, 2.45) is 0 Å². The van der Waals surface area contributed by atoms with E-state index in [1.807, 2.05) is 27.7 Å². The minimum atomic E-state index is -0.229. The highest BCUT2D eigenvalue weighted by molar-refractivity contribution is 5.79. The normalized spacial score (nSPS) is 12.7. The lowest BCUT2D eigenvalue weighted by atomic mass is 10.2. The first-order valence-electron chi connectivity index (χ1n) is 5.09. The molecule has 4 heteroatoms. The standard InChI is InChI=1S/C11H19N3O/c1-7-8(2)12-14(9(7)3)10(4)11(15)13(5)6/h10H,1-6H3. The number of carbonyl (C=O) groups is 1. The Morgan fingerprint density at radius 1 is 1.33 bits per heavy atom. The quantitative estimate of drug-likeness (QED) is 0.739. The van der Waals surface area contributed by atoms with Crippen molar-refractivity contribution in [3.05, 3.63) is 17.0 Å². The van der Waals surface area contributed by atoms with Gasteiger partial charge in [0.25, 0.3) is 0 Å². The van der Waals surface area contributed by atoms with Gasteiger partial charge in [-0.1, -0.05) is 0 Å². The third-order valence-corrected chi connectivity index (χ3v) is 2.85. The largest absolute Gasteiger partial charge is 0.347 e. The van der Waals surface area contributed by atoms with Crippen LogP contribution in [0.15, 0.2) is 0 Å². The second-order valence-electron chi connectivity index (χ2n) is 4.15. The average molecular weight is 209 g/mol. The summed E-state index contributed by atoms with van der Waals surface area (Å²) in [5.74, 6) is 0.0700. The number of rotatable bonds is 2. The van der Waals surface area contributed by atoms with Gasteiger partial charge >= 0.3 is 0 Å². The Bertz CT molecular complexity index is 379. The predicted molar refractivity (Wildman–Crippen MR) is 59.8 cm³/mol. The van der Waals surface area contributed by atoms with Gasteiger partial charge in [-0.05, 0) is 33.3 Å². The maximum Gasteiger partial charge on any atom is 0.246 e. The lowest BCUT2D eigenvalue weighted by Gasteiger charge is -2.18. The Morgan fingerprint density at radius 3 is 2.20 bits per heavy atom. The van der Waals surface area contributed by atoms with Crippen molar-refractivity contribution in [2.75, 3.05) is 14.1 Å². The molecule has 15 heavy (non-hydrogen) atoms. The average Bonchev–Trinajstić information content (AvgIpc) is 2.43. The van der Waals surface area contributed by atoms with E-state index in [-0.39, 0.29) is 11.9 Å². The fourth-order valence-corrected chi connectivity index (χ4v) is 1.60. The summed E-state index contributed by atoms with van der Waals surface area (Å²) in [6, 6.07) is -0.229. The highest BCUT2D eigenvalue weighted by Gasteiger charge is 2.20. The van der Waals surface area contributed by atoms with Crippen LogP contribution in [0.25, 0.3) is 0 Å². The molecule has 1 atom stereocenters. The number of likely N-dealkylation sites (N-methyl/N-ethyl adjacent to an activating group) is 1. The summed E-state index contributed by atoms with van der Waals surface area (Å²) >= 11 is 0. The maximum absolute atomic E-state index is 11.8. The van der Waals surface area contributed by atoms with Crippen molar-refractivity contribution >= 4 is 5.91 Å². The third-order valence-electron chi connectivity index (χ3n) is 2.85. The zero-order valence-electron chi connectivity index (χ0n) is 10.3. The molecule has 0 saturated heterocycles. The molecule has 0 aliphatic rings. The summed E-state index contributed by atoms with van der Waals surface area (Å²) in [5, 5.41) is 4.38. The van der Waals surface area contributed by atoms with Crippen molar-refractivity contribution in [2.45, 2.75) is 33.7 Å². The van der Waals surface area contributed by atoms with E-state index >= 15 is 0 Å². The fourth-order valence-electron chi connectivity index (χ4n) is 1.60. The van der Waals surface area contributed by atoms with Crippen LogP contribution < -0.4 is 0 Å². The summed E-state index contributed by atoms with van der Waals surface area (Å²) < 4.78 is 1.80. The van der Waals surface area contributed by atoms with Crippen molar-refractivity contribution in [3.63, 3.8) is 0 Å². The van der Waals surface area contributed by atoms with Gasteiger partial charge in [0.1, 0.15) is 6.04 Å². The number of nitrogens with zero attached hydrogens (tertiary/aromatic N) is 3. The molecular formula is C11H19N3O. The molecule has 0 spiro atoms. The van der Waals surface area contributed by atoms with Gasteiger partial charge in [0, 0.05) is 19.8 Å². The molecule has 0 aliphatic carbocycles. The van der Waals surface area contributed by atoms with Gasteiger partial charge in [0.2, 0.25) is 5.91 Å². The SMILES string of the molecule is Cc1nn(C(C)C(=O)N(C)C)c(C)c1C. The van der Waals surface area contributed by atoms with Gasteiger partial charge < -0.3 is 4.90 Å². The lowest BCUT2D eigenvalue weighted by Crippen LogP contribution is -2.31. The molecule has 1 aromatic heterocycles. The van der Waals surface area contributed by atoms with Gasteiger partial charge in [0.15, 0.2) is 0 Å². The molecule has 84 valence electrons. The van der Waals surface area contributed by atoms with Crippen molar-refractivity contribution in [3.8, 4) is 0 Å². The van der Waals surface area contributed by atoms with Crippen LogP contribution in [0.3, 0.4) is 0 Å². The molecule has 4 nitrogen and oxygen atoms in total. The molecule has 1 unspecified atom stereocenters. The van der Waals surface area contributed by atoms with Gasteiger partial charge in [0.05, 0.1) is 5.69 Å². The molecular weight excluding hydrogens is 190 g/mol. The Hall–Kier alpha value is -1.32. The summed E-state index contributed by atoms with van der Waals surface area (Å²) in [4.78, 5) is 13.4. The first-order chi connectivity index (χ1) is 6.86. The van der Waals surface area contributed by atoms with Crippen molar-refractivity contribution in [1.29, 1.82) is 0 Å². The second-order valence-corrected chi connectivity index (χ2v) is 4.15. The third kappa shape index (κ3) is 2.03. The van der Waals surface area contributed by atoms with Crippen LogP contribution in [-0.4, -0.2) is 34.7 Å². The fraction of sp³-hybridized carbons (Fsp3) is 0.636. The Balaban J connectivity index is 3.06. The van der Waals surface area contributed by atoms with E-state index in [0.717, 1.165) is 17.0 Å². The summed E-state index contributed by atoms with van der Waals surface area (Å²) in [7, 11) is 3.52. The van der Waals surface area contributed by atoms with Gasteiger partial charge in [-0.15, -0.1) is 0 Å². The van der Waals surface area contributed by atoms with E-state index in [4.69, 9.17) is 0 Å². The highest BCUT2D eigenvalue weighted by Crippen LogP contribution is 2.17. The molecule has 0 radical (unpaired) electrons. The summed E-state index contributed by atoms with van der Waals surface area (Å²) in [6.07, 6.45) is 0. The van der Waals surface area contributed by atoms with E-state index in [1.165, 1.54) is 0 Å². The smallest absolute Gasteiger partial charge is 0.246 e. The first kappa shape index (κ1) is 11.8. The number of amides is 1. The van der Waals surface area contributed by atoms with E-state index in [9.17, 15) is 4.79 Å². The lowest BCUT2D eigenvalue weighted by molar-refractivity contribution is -0.132. The Labute approximate surface area is 90.9 Å². The van der Waals surface area contributed by atoms with Crippen LogP contribution in [0.5, 0.6) is 0 Å². The van der Waals surface area contributed by atoms with Crippen molar-refractivity contribution < 1.29 is 4.79 Å². The number of carbonyl (C=O) groups excluding carboxylic acids is 1. The van der Waals surface area contributed by atoms with Crippen LogP contribution in [-0.2, 0) is 4.79 Å². The minimum absolute atomic E-state index is 0.0700. The van der Waals surface area contributed by atoms with Crippen LogP contribution in [0.4, 0.5) is 0 Å². The predicted octanol–water partition coefficient (Wildman–Crippen LogP) is 1.46. The Kier molecular flexibility index (Phi) is 3.17. The molecule has 0 aromatic carbocycles. The summed E-state index contributed by atoms with van der Waals surface area (Å²) in [5.41, 5.74) is 3.22. The monoisotopic (exact) mass is 209 g/mol. The molecule has 1 rings (SSSR count). The summed E-state index contributed by atoms with van der Waals surface area (Å²) in [6.45, 7) is 7.86. The zero-order chi connectivity index (χ0) is 11.7. The molecule has 0 bridgehead atoms. The van der Waals surface area contributed by atoms with Gasteiger partial charge in [-0.25, -0.2) is 0 Å². The van der Waals surface area contributed by atoms with E-state index in [1.54, 1.807) is 23.7 Å².